The van der Waals surface area contributed by atoms with Gasteiger partial charge in [0.1, 0.15) is 0 Å². The molecule has 2 unspecified atom stereocenters. The molecule has 0 aliphatic rings. The second-order valence-electron chi connectivity index (χ2n) is 5.94. The van der Waals surface area contributed by atoms with Gasteiger partial charge in [-0.1, -0.05) is 86.0 Å². The summed E-state index contributed by atoms with van der Waals surface area (Å²) in [5.74, 6) is 2.90. The Hall–Kier alpha value is 0. The third-order valence-corrected chi connectivity index (χ3v) is 4.54. The van der Waals surface area contributed by atoms with Gasteiger partial charge in [-0.15, -0.1) is 0 Å². The topological polar surface area (TPSA) is 0 Å². The van der Waals surface area contributed by atoms with Crippen molar-refractivity contribution in [2.24, 2.45) is 17.8 Å². The first-order valence-electron chi connectivity index (χ1n) is 8.19. The van der Waals surface area contributed by atoms with Gasteiger partial charge in [-0.25, -0.2) is 0 Å². The second kappa shape index (κ2) is 11.1. The molecule has 0 heterocycles. The number of hydrogen-bond acceptors (Lipinski definition) is 0. The van der Waals surface area contributed by atoms with Crippen LogP contribution in [-0.2, 0) is 0 Å². The molecule has 0 aromatic carbocycles. The van der Waals surface area contributed by atoms with Crippen LogP contribution >= 0.6 is 0 Å². The minimum atomic E-state index is 0.922. The molecule has 104 valence electrons. The highest BCUT2D eigenvalue weighted by Gasteiger charge is 2.18. The van der Waals surface area contributed by atoms with Gasteiger partial charge in [-0.05, 0) is 24.2 Å². The zero-order chi connectivity index (χ0) is 13.1. The summed E-state index contributed by atoms with van der Waals surface area (Å²) in [6.07, 6.45) is 12.8. The quantitative estimate of drug-likeness (QED) is 0.389. The van der Waals surface area contributed by atoms with Crippen molar-refractivity contribution in [1.29, 1.82) is 0 Å². The van der Waals surface area contributed by atoms with E-state index in [0.29, 0.717) is 0 Å². The normalized spacial score (nSPS) is 15.2. The average Bonchev–Trinajstić information content (AvgIpc) is 2.37. The van der Waals surface area contributed by atoms with Crippen LogP contribution in [-0.4, -0.2) is 0 Å². The summed E-state index contributed by atoms with van der Waals surface area (Å²) in [5, 5.41) is 0. The summed E-state index contributed by atoms with van der Waals surface area (Å²) in [6, 6.07) is 0. The van der Waals surface area contributed by atoms with Crippen molar-refractivity contribution in [3.8, 4) is 0 Å². The van der Waals surface area contributed by atoms with E-state index in [1.807, 2.05) is 0 Å². The molecule has 0 aromatic heterocycles. The Morgan fingerprint density at radius 3 is 1.65 bits per heavy atom. The van der Waals surface area contributed by atoms with E-state index in [1.165, 1.54) is 57.8 Å². The molecule has 2 atom stereocenters. The van der Waals surface area contributed by atoms with Crippen LogP contribution < -0.4 is 0 Å². The predicted octanol–water partition coefficient (Wildman–Crippen LogP) is 6.45. The molecule has 17 heavy (non-hydrogen) atoms. The third kappa shape index (κ3) is 7.84. The zero-order valence-corrected chi connectivity index (χ0v) is 13.1. The molecular weight excluding hydrogens is 204 g/mol. The summed E-state index contributed by atoms with van der Waals surface area (Å²) in [7, 11) is 0. The summed E-state index contributed by atoms with van der Waals surface area (Å²) in [5.41, 5.74) is 0. The maximum atomic E-state index is 2.45. The molecule has 0 aliphatic carbocycles. The van der Waals surface area contributed by atoms with E-state index in [2.05, 4.69) is 34.6 Å². The number of hydrogen-bond donors (Lipinski definition) is 0. The van der Waals surface area contributed by atoms with Crippen LogP contribution in [0.15, 0.2) is 0 Å². The van der Waals surface area contributed by atoms with Crippen molar-refractivity contribution in [3.05, 3.63) is 0 Å². The molecule has 0 N–H and O–H groups in total. The molecule has 0 nitrogen and oxygen atoms in total. The van der Waals surface area contributed by atoms with Gasteiger partial charge in [-0.2, -0.15) is 0 Å². The zero-order valence-electron chi connectivity index (χ0n) is 13.1. The smallest absolute Gasteiger partial charge is 0.0389 e. The van der Waals surface area contributed by atoms with Crippen LogP contribution in [0.2, 0.25) is 0 Å². The second-order valence-corrected chi connectivity index (χ2v) is 5.94. The molecule has 0 aliphatic heterocycles. The first-order valence-corrected chi connectivity index (χ1v) is 8.19. The fraction of sp³-hybridized carbons (Fsp3) is 1.00. The monoisotopic (exact) mass is 240 g/mol. The van der Waals surface area contributed by atoms with Gasteiger partial charge >= 0.3 is 0 Å². The Morgan fingerprint density at radius 1 is 0.765 bits per heavy atom. The Labute approximate surface area is 111 Å². The van der Waals surface area contributed by atoms with E-state index >= 15 is 0 Å². The van der Waals surface area contributed by atoms with Gasteiger partial charge in [0.05, 0.1) is 0 Å². The average molecular weight is 240 g/mol. The summed E-state index contributed by atoms with van der Waals surface area (Å²) < 4.78 is 0. The van der Waals surface area contributed by atoms with Crippen molar-refractivity contribution in [2.75, 3.05) is 0 Å². The van der Waals surface area contributed by atoms with E-state index in [-0.39, 0.29) is 0 Å². The van der Waals surface area contributed by atoms with Crippen molar-refractivity contribution in [2.45, 2.75) is 92.4 Å². The summed E-state index contributed by atoms with van der Waals surface area (Å²) in [6.45, 7) is 11.8. The van der Waals surface area contributed by atoms with Gasteiger partial charge in [-0.3, -0.25) is 0 Å². The van der Waals surface area contributed by atoms with Gasteiger partial charge in [0, 0.05) is 0 Å². The Morgan fingerprint density at radius 2 is 1.29 bits per heavy atom. The van der Waals surface area contributed by atoms with Crippen molar-refractivity contribution < 1.29 is 0 Å². The third-order valence-electron chi connectivity index (χ3n) is 4.54. The van der Waals surface area contributed by atoms with Crippen LogP contribution in [0.3, 0.4) is 0 Å². The lowest BCUT2D eigenvalue weighted by Gasteiger charge is -2.27. The molecule has 0 saturated carbocycles. The van der Waals surface area contributed by atoms with Gasteiger partial charge < -0.3 is 0 Å². The molecule has 0 rings (SSSR count). The van der Waals surface area contributed by atoms with Crippen LogP contribution in [0.25, 0.3) is 0 Å². The lowest BCUT2D eigenvalue weighted by atomic mass is 9.79. The Bertz CT molecular complexity index is 142. The molecular formula is C17H36. The first kappa shape index (κ1) is 17.0. The molecule has 0 amide bonds. The van der Waals surface area contributed by atoms with Crippen LogP contribution in [0.4, 0.5) is 0 Å². The lowest BCUT2D eigenvalue weighted by molar-refractivity contribution is 0.246. The fourth-order valence-corrected chi connectivity index (χ4v) is 2.93. The van der Waals surface area contributed by atoms with Crippen molar-refractivity contribution in [3.63, 3.8) is 0 Å². The van der Waals surface area contributed by atoms with Crippen LogP contribution in [0.1, 0.15) is 92.4 Å². The predicted molar refractivity (Wildman–Crippen MR) is 80.4 cm³/mol. The molecule has 0 saturated heterocycles. The van der Waals surface area contributed by atoms with Gasteiger partial charge in [0.25, 0.3) is 0 Å². The Balaban J connectivity index is 4.15. The highest BCUT2D eigenvalue weighted by Crippen LogP contribution is 2.30. The molecule has 0 fully saturated rings. The SMILES string of the molecule is CCCCC(CCCC)CC(CC)C(C)CC. The first-order chi connectivity index (χ1) is 8.19. The van der Waals surface area contributed by atoms with Crippen molar-refractivity contribution in [1.82, 2.24) is 0 Å². The lowest BCUT2D eigenvalue weighted by Crippen LogP contribution is -2.15. The highest BCUT2D eigenvalue weighted by atomic mass is 14.2. The molecule has 0 aromatic rings. The van der Waals surface area contributed by atoms with E-state index < -0.39 is 0 Å². The molecule has 0 radical (unpaired) electrons. The van der Waals surface area contributed by atoms with Crippen LogP contribution in [0, 0.1) is 17.8 Å². The van der Waals surface area contributed by atoms with E-state index in [0.717, 1.165) is 17.8 Å². The maximum Gasteiger partial charge on any atom is -0.0389 e. The summed E-state index contributed by atoms with van der Waals surface area (Å²) >= 11 is 0. The van der Waals surface area contributed by atoms with Gasteiger partial charge in [0.2, 0.25) is 0 Å². The van der Waals surface area contributed by atoms with E-state index in [1.54, 1.807) is 0 Å². The van der Waals surface area contributed by atoms with Crippen molar-refractivity contribution >= 4 is 0 Å². The van der Waals surface area contributed by atoms with E-state index in [9.17, 15) is 0 Å². The number of unbranched alkanes of at least 4 members (excludes halogenated alkanes) is 2. The fourth-order valence-electron chi connectivity index (χ4n) is 2.93. The molecule has 0 bridgehead atoms. The molecule has 0 heteroatoms. The largest absolute Gasteiger partial charge is 0.0654 e. The minimum Gasteiger partial charge on any atom is -0.0654 e. The standard InChI is InChI=1S/C17H36/c1-6-10-12-16(13-11-7-2)14-17(9-4)15(5)8-3/h15-17H,6-14H2,1-5H3. The summed E-state index contributed by atoms with van der Waals surface area (Å²) in [4.78, 5) is 0. The minimum absolute atomic E-state index is 0.922. The highest BCUT2D eigenvalue weighted by molar-refractivity contribution is 4.70. The molecule has 0 spiro atoms. The van der Waals surface area contributed by atoms with E-state index in [4.69, 9.17) is 0 Å². The van der Waals surface area contributed by atoms with Gasteiger partial charge in [0.15, 0.2) is 0 Å². The Kier molecular flexibility index (Phi) is 11.1. The maximum absolute atomic E-state index is 2.45. The number of rotatable bonds is 11. The van der Waals surface area contributed by atoms with Crippen LogP contribution in [0.5, 0.6) is 0 Å².